The number of anilines is 2. The van der Waals surface area contributed by atoms with Gasteiger partial charge in [-0.1, -0.05) is 54.6 Å². The van der Waals surface area contributed by atoms with Gasteiger partial charge in [0, 0.05) is 17.3 Å². The lowest BCUT2D eigenvalue weighted by Crippen LogP contribution is -2.14. The summed E-state index contributed by atoms with van der Waals surface area (Å²) < 4.78 is 25.2. The zero-order chi connectivity index (χ0) is 29.3. The van der Waals surface area contributed by atoms with E-state index >= 15 is 0 Å². The summed E-state index contributed by atoms with van der Waals surface area (Å²) in [4.78, 5) is 4.46. The number of hydrogen-bond donors (Lipinski definition) is 2. The number of pyridine rings is 1. The lowest BCUT2D eigenvalue weighted by Gasteiger charge is -2.22. The molecule has 0 radical (unpaired) electrons. The number of fused-ring (bicyclic) bond motifs is 1. The van der Waals surface area contributed by atoms with Crippen molar-refractivity contribution >= 4 is 22.3 Å². The monoisotopic (exact) mass is 543 g/mol. The minimum Gasteiger partial charge on any atom is -0.377 e. The molecule has 8 nitrogen and oxygen atoms in total. The van der Waals surface area contributed by atoms with Gasteiger partial charge in [-0.2, -0.15) is 10.5 Å². The van der Waals surface area contributed by atoms with E-state index in [2.05, 4.69) is 45.0 Å². The average molecular weight is 544 g/mol. The third-order valence-corrected chi connectivity index (χ3v) is 7.23. The number of halogens is 1. The molecule has 1 aliphatic rings. The minimum atomic E-state index is -1.66. The second kappa shape index (κ2) is 11.1. The highest BCUT2D eigenvalue weighted by molar-refractivity contribution is 5.99. The van der Waals surface area contributed by atoms with Gasteiger partial charge in [0.2, 0.25) is 0 Å². The summed E-state index contributed by atoms with van der Waals surface area (Å²) in [6.45, 7) is 2.06. The van der Waals surface area contributed by atoms with E-state index in [1.165, 1.54) is 30.5 Å². The summed E-state index contributed by atoms with van der Waals surface area (Å²) in [5, 5.41) is 36.0. The molecule has 2 atom stereocenters. The van der Waals surface area contributed by atoms with E-state index in [-0.39, 0.29) is 17.6 Å². The first-order valence-electron chi connectivity index (χ1n) is 14.0. The normalized spacial score (nSPS) is 15.3. The number of nitriles is 2. The Morgan fingerprint density at radius 1 is 1.02 bits per heavy atom. The van der Waals surface area contributed by atoms with Crippen molar-refractivity contribution in [1.29, 1.82) is 10.5 Å². The highest BCUT2D eigenvalue weighted by Crippen LogP contribution is 2.37. The maximum Gasteiger partial charge on any atom is 0.123 e. The van der Waals surface area contributed by atoms with Crippen molar-refractivity contribution in [1.82, 2.24) is 20.0 Å². The Hall–Kier alpha value is -5.28. The van der Waals surface area contributed by atoms with Crippen molar-refractivity contribution in [3.8, 4) is 12.1 Å². The lowest BCUT2D eigenvalue weighted by molar-refractivity contribution is 0.610. The third kappa shape index (κ3) is 5.30. The second-order valence-corrected chi connectivity index (χ2v) is 10.0. The van der Waals surface area contributed by atoms with Crippen LogP contribution in [0, 0.1) is 28.5 Å². The predicted molar refractivity (Wildman–Crippen MR) is 154 cm³/mol. The average Bonchev–Trinajstić information content (AvgIpc) is 3.75. The number of rotatable bonds is 9. The molecule has 0 aliphatic heterocycles. The van der Waals surface area contributed by atoms with Gasteiger partial charge >= 0.3 is 0 Å². The van der Waals surface area contributed by atoms with Crippen LogP contribution in [0.15, 0.2) is 79.1 Å². The second-order valence-electron chi connectivity index (χ2n) is 10.0. The van der Waals surface area contributed by atoms with Crippen LogP contribution in [0.1, 0.15) is 73.6 Å². The Balaban J connectivity index is 1.49. The van der Waals surface area contributed by atoms with Crippen LogP contribution in [-0.2, 0) is 0 Å². The smallest absolute Gasteiger partial charge is 0.123 e. The first-order chi connectivity index (χ1) is 20.4. The van der Waals surface area contributed by atoms with Crippen molar-refractivity contribution in [3.63, 3.8) is 0 Å². The van der Waals surface area contributed by atoms with Gasteiger partial charge in [0.05, 0.1) is 48.0 Å². The molecule has 3 aromatic carbocycles. The van der Waals surface area contributed by atoms with E-state index in [4.69, 9.17) is 0 Å². The van der Waals surface area contributed by atoms with Crippen LogP contribution in [0.4, 0.5) is 15.8 Å². The fourth-order valence-corrected chi connectivity index (χ4v) is 4.94. The zero-order valence-corrected chi connectivity index (χ0v) is 22.3. The number of benzene rings is 3. The lowest BCUT2D eigenvalue weighted by atomic mass is 10.00. The highest BCUT2D eigenvalue weighted by atomic mass is 19.1. The Morgan fingerprint density at radius 2 is 1.78 bits per heavy atom. The fourth-order valence-electron chi connectivity index (χ4n) is 4.94. The molecular weight excluding hydrogens is 515 g/mol. The van der Waals surface area contributed by atoms with Crippen LogP contribution < -0.4 is 10.6 Å². The predicted octanol–water partition coefficient (Wildman–Crippen LogP) is 6.81. The third-order valence-electron chi connectivity index (χ3n) is 7.23. The first kappa shape index (κ1) is 24.7. The molecule has 202 valence electrons. The molecule has 1 aliphatic carbocycles. The zero-order valence-electron chi connectivity index (χ0n) is 23.3. The summed E-state index contributed by atoms with van der Waals surface area (Å²) in [6, 6.07) is 21.9. The molecule has 9 heteroatoms. The molecule has 0 spiro atoms. The van der Waals surface area contributed by atoms with E-state index in [1.54, 1.807) is 23.0 Å². The van der Waals surface area contributed by atoms with Crippen molar-refractivity contribution in [3.05, 3.63) is 113 Å². The fraction of sp³-hybridized carbons (Fsp3) is 0.219. The van der Waals surface area contributed by atoms with Crippen LogP contribution in [-0.4, -0.2) is 20.0 Å². The Bertz CT molecular complexity index is 1840. The van der Waals surface area contributed by atoms with Crippen molar-refractivity contribution in [2.24, 2.45) is 0 Å². The van der Waals surface area contributed by atoms with E-state index in [1.807, 2.05) is 30.3 Å². The van der Waals surface area contributed by atoms with Gasteiger partial charge in [0.25, 0.3) is 0 Å². The maximum atomic E-state index is 13.9. The molecule has 5 aromatic rings. The van der Waals surface area contributed by atoms with Crippen molar-refractivity contribution in [2.45, 2.75) is 44.3 Å². The van der Waals surface area contributed by atoms with Crippen LogP contribution in [0.3, 0.4) is 0 Å². The van der Waals surface area contributed by atoms with Crippen LogP contribution in [0.2, 0.25) is 0 Å². The van der Waals surface area contributed by atoms with E-state index in [0.29, 0.717) is 39.1 Å². The standard InChI is InChI=1S/C32H27FN8/c1-2-28(20-6-4-3-5-7-20)38-31-23(17-35)18-36-30-22(16-34)14-25(15-27(30)31)37-32(21-8-10-24(33)11-9-21)29-19-41(40-39-29)26-12-13-26/h3-11,14-15,18-19,26,28,32,37H,2,12-13H2,1H3,(H,36,38)/i32D. The van der Waals surface area contributed by atoms with Gasteiger partial charge in [-0.3, -0.25) is 4.98 Å². The van der Waals surface area contributed by atoms with Gasteiger partial charge in [0.15, 0.2) is 0 Å². The van der Waals surface area contributed by atoms with Gasteiger partial charge in [0.1, 0.15) is 23.6 Å². The van der Waals surface area contributed by atoms with Crippen molar-refractivity contribution < 1.29 is 5.76 Å². The molecule has 1 saturated carbocycles. The van der Waals surface area contributed by atoms with Crippen LogP contribution in [0.5, 0.6) is 0 Å². The Morgan fingerprint density at radius 3 is 2.46 bits per heavy atom. The van der Waals surface area contributed by atoms with Crippen LogP contribution >= 0.6 is 0 Å². The molecular formula is C32H27FN8. The van der Waals surface area contributed by atoms with Gasteiger partial charge < -0.3 is 10.6 Å². The van der Waals surface area contributed by atoms with E-state index in [0.717, 1.165) is 24.8 Å². The molecule has 0 bridgehead atoms. The van der Waals surface area contributed by atoms with Gasteiger partial charge in [-0.05, 0) is 54.7 Å². The summed E-state index contributed by atoms with van der Waals surface area (Å²) in [6.07, 6.45) is 5.96. The molecule has 2 aromatic heterocycles. The largest absolute Gasteiger partial charge is 0.377 e. The van der Waals surface area contributed by atoms with Gasteiger partial charge in [-0.15, -0.1) is 5.10 Å². The maximum absolute atomic E-state index is 13.9. The quantitative estimate of drug-likeness (QED) is 0.210. The molecule has 2 heterocycles. The van der Waals surface area contributed by atoms with Crippen LogP contribution in [0.25, 0.3) is 10.9 Å². The minimum absolute atomic E-state index is 0.0991. The number of nitrogens with one attached hydrogen (secondary N) is 2. The van der Waals surface area contributed by atoms with E-state index in [9.17, 15) is 16.3 Å². The SMILES string of the molecule is [2H]C(Nc1cc(C#N)c2ncc(C#N)c(NC(CC)c3ccccc3)c2c1)(c1ccc(F)cc1)c1cn(C2CC2)nn1. The Labute approximate surface area is 238 Å². The molecule has 6 rings (SSSR count). The molecule has 2 N–H and O–H groups in total. The number of nitrogens with zero attached hydrogens (tertiary/aromatic N) is 6. The summed E-state index contributed by atoms with van der Waals surface area (Å²) in [5.74, 6) is -0.421. The van der Waals surface area contributed by atoms with E-state index < -0.39 is 11.8 Å². The molecule has 0 amide bonds. The highest BCUT2D eigenvalue weighted by Gasteiger charge is 2.27. The number of hydrogen-bond acceptors (Lipinski definition) is 7. The molecule has 2 unspecified atom stereocenters. The first-order valence-corrected chi connectivity index (χ1v) is 13.5. The Kier molecular flexibility index (Phi) is 6.68. The number of aromatic nitrogens is 4. The summed E-state index contributed by atoms with van der Waals surface area (Å²) in [7, 11) is 0. The molecule has 0 saturated heterocycles. The van der Waals surface area contributed by atoms with Gasteiger partial charge in [-0.25, -0.2) is 9.07 Å². The molecule has 41 heavy (non-hydrogen) atoms. The summed E-state index contributed by atoms with van der Waals surface area (Å²) >= 11 is 0. The molecule has 1 fully saturated rings. The summed E-state index contributed by atoms with van der Waals surface area (Å²) in [5.41, 5.74) is 3.87. The van der Waals surface area contributed by atoms with Crippen molar-refractivity contribution in [2.75, 3.05) is 10.6 Å². The topological polar surface area (TPSA) is 115 Å².